The van der Waals surface area contributed by atoms with Gasteiger partial charge in [0.1, 0.15) is 0 Å². The van der Waals surface area contributed by atoms with Gasteiger partial charge in [0.15, 0.2) is 0 Å². The van der Waals surface area contributed by atoms with Crippen LogP contribution in [0.25, 0.3) is 0 Å². The van der Waals surface area contributed by atoms with Crippen LogP contribution in [0.15, 0.2) is 11.7 Å². The first-order valence-electron chi connectivity index (χ1n) is 5.92. The fourth-order valence-electron chi connectivity index (χ4n) is 2.51. The molecule has 0 saturated heterocycles. The van der Waals surface area contributed by atoms with E-state index in [4.69, 9.17) is 0 Å². The standard InChI is InChI=1S/C12H20N2S/c1-9(11-5-3-4-6-11)14-10(2)12-7-13-8-15-12/h7-11,14H,3-6H2,1-2H3/t9-,10?/m1/s1. The van der Waals surface area contributed by atoms with E-state index in [1.165, 1.54) is 30.6 Å². The van der Waals surface area contributed by atoms with Crippen LogP contribution in [-0.2, 0) is 0 Å². The third kappa shape index (κ3) is 2.79. The SMILES string of the molecule is CC(N[C@H](C)C1CCCC1)c1cncs1. The Morgan fingerprint density at radius 3 is 2.73 bits per heavy atom. The summed E-state index contributed by atoms with van der Waals surface area (Å²) >= 11 is 1.74. The lowest BCUT2D eigenvalue weighted by atomic mass is 9.99. The second-order valence-corrected chi connectivity index (χ2v) is 5.54. The van der Waals surface area contributed by atoms with E-state index in [9.17, 15) is 0 Å². The molecule has 1 unspecified atom stereocenters. The summed E-state index contributed by atoms with van der Waals surface area (Å²) in [5, 5.41) is 3.69. The molecule has 3 heteroatoms. The normalized spacial score (nSPS) is 21.7. The molecule has 2 nitrogen and oxygen atoms in total. The molecule has 0 amide bonds. The molecule has 0 spiro atoms. The molecule has 1 aromatic heterocycles. The van der Waals surface area contributed by atoms with Crippen molar-refractivity contribution in [3.05, 3.63) is 16.6 Å². The third-order valence-corrected chi connectivity index (χ3v) is 4.46. The average Bonchev–Trinajstić information content (AvgIpc) is 2.91. The predicted molar refractivity (Wildman–Crippen MR) is 65.1 cm³/mol. The van der Waals surface area contributed by atoms with E-state index in [1.807, 2.05) is 11.7 Å². The van der Waals surface area contributed by atoms with Crippen molar-refractivity contribution in [3.63, 3.8) is 0 Å². The summed E-state index contributed by atoms with van der Waals surface area (Å²) < 4.78 is 0. The Morgan fingerprint density at radius 2 is 2.13 bits per heavy atom. The van der Waals surface area contributed by atoms with Gasteiger partial charge in [0.2, 0.25) is 0 Å². The number of thiazole rings is 1. The molecule has 1 aliphatic rings. The minimum atomic E-state index is 0.452. The van der Waals surface area contributed by atoms with E-state index >= 15 is 0 Å². The van der Waals surface area contributed by atoms with Crippen molar-refractivity contribution in [1.29, 1.82) is 0 Å². The molecule has 1 N–H and O–H groups in total. The van der Waals surface area contributed by atoms with E-state index in [-0.39, 0.29) is 0 Å². The number of nitrogens with one attached hydrogen (secondary N) is 1. The van der Waals surface area contributed by atoms with Gasteiger partial charge in [-0.25, -0.2) is 0 Å². The highest BCUT2D eigenvalue weighted by atomic mass is 32.1. The molecule has 84 valence electrons. The molecule has 15 heavy (non-hydrogen) atoms. The first kappa shape index (κ1) is 11.1. The summed E-state index contributed by atoms with van der Waals surface area (Å²) in [7, 11) is 0. The van der Waals surface area contributed by atoms with Gasteiger partial charge in [-0.3, -0.25) is 4.98 Å². The lowest BCUT2D eigenvalue weighted by Gasteiger charge is -2.24. The number of nitrogens with zero attached hydrogens (tertiary/aromatic N) is 1. The van der Waals surface area contributed by atoms with Crippen LogP contribution in [0, 0.1) is 5.92 Å². The Balaban J connectivity index is 1.85. The van der Waals surface area contributed by atoms with Crippen molar-refractivity contribution in [2.24, 2.45) is 5.92 Å². The average molecular weight is 224 g/mol. The Kier molecular flexibility index (Phi) is 3.76. The Morgan fingerprint density at radius 1 is 1.40 bits per heavy atom. The molecule has 0 bridgehead atoms. The summed E-state index contributed by atoms with van der Waals surface area (Å²) in [6.07, 6.45) is 7.63. The van der Waals surface area contributed by atoms with Crippen LogP contribution in [0.4, 0.5) is 0 Å². The van der Waals surface area contributed by atoms with Crippen LogP contribution in [0.5, 0.6) is 0 Å². The van der Waals surface area contributed by atoms with Crippen molar-refractivity contribution in [3.8, 4) is 0 Å². The maximum atomic E-state index is 4.13. The van der Waals surface area contributed by atoms with Gasteiger partial charge in [0.25, 0.3) is 0 Å². The summed E-state index contributed by atoms with van der Waals surface area (Å²) in [5.41, 5.74) is 1.91. The van der Waals surface area contributed by atoms with Crippen molar-refractivity contribution in [2.45, 2.75) is 51.6 Å². The Hall–Kier alpha value is -0.410. The second-order valence-electron chi connectivity index (χ2n) is 4.63. The van der Waals surface area contributed by atoms with Gasteiger partial charge in [-0.2, -0.15) is 0 Å². The van der Waals surface area contributed by atoms with Crippen molar-refractivity contribution < 1.29 is 0 Å². The summed E-state index contributed by atoms with van der Waals surface area (Å²) in [4.78, 5) is 5.47. The molecule has 1 saturated carbocycles. The molecule has 1 heterocycles. The number of aromatic nitrogens is 1. The van der Waals surface area contributed by atoms with Gasteiger partial charge >= 0.3 is 0 Å². The van der Waals surface area contributed by atoms with Crippen molar-refractivity contribution in [2.75, 3.05) is 0 Å². The first-order valence-corrected chi connectivity index (χ1v) is 6.80. The molecule has 1 fully saturated rings. The first-order chi connectivity index (χ1) is 7.27. The van der Waals surface area contributed by atoms with Gasteiger partial charge in [0.05, 0.1) is 5.51 Å². The number of rotatable bonds is 4. The van der Waals surface area contributed by atoms with Gasteiger partial charge in [0, 0.05) is 23.2 Å². The zero-order chi connectivity index (χ0) is 10.7. The highest BCUT2D eigenvalue weighted by molar-refractivity contribution is 7.09. The molecule has 1 aromatic rings. The van der Waals surface area contributed by atoms with Crippen LogP contribution in [0.3, 0.4) is 0 Å². The van der Waals surface area contributed by atoms with Gasteiger partial charge in [-0.1, -0.05) is 12.8 Å². The molecule has 2 atom stereocenters. The van der Waals surface area contributed by atoms with Crippen molar-refractivity contribution in [1.82, 2.24) is 10.3 Å². The van der Waals surface area contributed by atoms with E-state index in [1.54, 1.807) is 11.3 Å². The topological polar surface area (TPSA) is 24.9 Å². The maximum absolute atomic E-state index is 4.13. The van der Waals surface area contributed by atoms with Crippen LogP contribution in [-0.4, -0.2) is 11.0 Å². The summed E-state index contributed by atoms with van der Waals surface area (Å²) in [6, 6.07) is 1.10. The predicted octanol–water partition coefficient (Wildman–Crippen LogP) is 3.37. The van der Waals surface area contributed by atoms with Crippen LogP contribution in [0.2, 0.25) is 0 Å². The van der Waals surface area contributed by atoms with Crippen molar-refractivity contribution >= 4 is 11.3 Å². The highest BCUT2D eigenvalue weighted by Crippen LogP contribution is 2.29. The number of hydrogen-bond acceptors (Lipinski definition) is 3. The molecule has 0 radical (unpaired) electrons. The fraction of sp³-hybridized carbons (Fsp3) is 0.750. The van der Waals surface area contributed by atoms with Crippen LogP contribution in [0.1, 0.15) is 50.4 Å². The van der Waals surface area contributed by atoms with E-state index in [2.05, 4.69) is 24.1 Å². The zero-order valence-electron chi connectivity index (χ0n) is 9.57. The largest absolute Gasteiger partial charge is 0.307 e. The Labute approximate surface area is 96.1 Å². The molecular formula is C12H20N2S. The van der Waals surface area contributed by atoms with Gasteiger partial charge in [-0.15, -0.1) is 11.3 Å². The summed E-state index contributed by atoms with van der Waals surface area (Å²) in [5.74, 6) is 0.889. The van der Waals surface area contributed by atoms with E-state index in [0.29, 0.717) is 12.1 Å². The van der Waals surface area contributed by atoms with Gasteiger partial charge in [-0.05, 0) is 32.6 Å². The third-order valence-electron chi connectivity index (χ3n) is 3.50. The summed E-state index contributed by atoms with van der Waals surface area (Å²) in [6.45, 7) is 4.56. The fourth-order valence-corrected chi connectivity index (χ4v) is 3.15. The number of hydrogen-bond donors (Lipinski definition) is 1. The molecule has 2 rings (SSSR count). The quantitative estimate of drug-likeness (QED) is 0.848. The van der Waals surface area contributed by atoms with E-state index in [0.717, 1.165) is 5.92 Å². The second kappa shape index (κ2) is 5.08. The zero-order valence-corrected chi connectivity index (χ0v) is 10.4. The smallest absolute Gasteiger partial charge is 0.0794 e. The van der Waals surface area contributed by atoms with Crippen LogP contribution < -0.4 is 5.32 Å². The molecule has 0 aliphatic heterocycles. The molecule has 0 aromatic carbocycles. The lowest BCUT2D eigenvalue weighted by Crippen LogP contribution is -2.33. The minimum Gasteiger partial charge on any atom is -0.307 e. The monoisotopic (exact) mass is 224 g/mol. The maximum Gasteiger partial charge on any atom is 0.0794 e. The van der Waals surface area contributed by atoms with E-state index < -0.39 is 0 Å². The lowest BCUT2D eigenvalue weighted by molar-refractivity contribution is 0.354. The Bertz CT molecular complexity index is 278. The van der Waals surface area contributed by atoms with Crippen LogP contribution >= 0.6 is 11.3 Å². The van der Waals surface area contributed by atoms with Gasteiger partial charge < -0.3 is 5.32 Å². The minimum absolute atomic E-state index is 0.452. The molecular weight excluding hydrogens is 204 g/mol. The molecule has 1 aliphatic carbocycles. The highest BCUT2D eigenvalue weighted by Gasteiger charge is 2.22.